The molecule has 1 aliphatic heterocycles. The van der Waals surface area contributed by atoms with Crippen LogP contribution in [0.25, 0.3) is 0 Å². The van der Waals surface area contributed by atoms with Crippen LogP contribution in [0.3, 0.4) is 0 Å². The highest BCUT2D eigenvalue weighted by Gasteiger charge is 2.26. The Kier molecular flexibility index (Phi) is 5.73. The first-order valence-corrected chi connectivity index (χ1v) is 7.86. The van der Waals surface area contributed by atoms with Gasteiger partial charge in [0.25, 0.3) is 11.8 Å². The molecule has 114 valence electrons. The number of nitrogens with one attached hydrogen (secondary N) is 1. The van der Waals surface area contributed by atoms with Crippen LogP contribution in [0, 0.1) is 0 Å². The maximum Gasteiger partial charge on any atom is 0.255 e. The van der Waals surface area contributed by atoms with Gasteiger partial charge in [0.15, 0.2) is 4.84 Å². The van der Waals surface area contributed by atoms with Crippen molar-refractivity contribution in [2.75, 3.05) is 13.1 Å². The Hall–Kier alpha value is -0.970. The number of rotatable bonds is 3. The van der Waals surface area contributed by atoms with Gasteiger partial charge in [-0.05, 0) is 37.1 Å². The number of likely N-dealkylation sites (tertiary alicyclic amines) is 1. The summed E-state index contributed by atoms with van der Waals surface area (Å²) >= 11 is 16.9. The third-order valence-corrected chi connectivity index (χ3v) is 4.06. The Balaban J connectivity index is 1.84. The molecule has 0 bridgehead atoms. The summed E-state index contributed by atoms with van der Waals surface area (Å²) in [4.78, 5) is 24.3. The summed E-state index contributed by atoms with van der Waals surface area (Å²) in [6.07, 6.45) is 1.37. The number of halogens is 3. The summed E-state index contributed by atoms with van der Waals surface area (Å²) in [6, 6.07) is 6.77. The highest BCUT2D eigenvalue weighted by molar-refractivity contribution is 6.53. The van der Waals surface area contributed by atoms with Crippen molar-refractivity contribution in [3.63, 3.8) is 0 Å². The van der Waals surface area contributed by atoms with Crippen LogP contribution in [0.15, 0.2) is 24.3 Å². The van der Waals surface area contributed by atoms with Gasteiger partial charge in [-0.1, -0.05) is 34.8 Å². The summed E-state index contributed by atoms with van der Waals surface area (Å²) in [6.45, 7) is 1.08. The predicted octanol–water partition coefficient (Wildman–Crippen LogP) is 2.86. The lowest BCUT2D eigenvalue weighted by molar-refractivity contribution is -0.130. The van der Waals surface area contributed by atoms with Crippen LogP contribution in [0.2, 0.25) is 5.02 Å². The monoisotopic (exact) mass is 348 g/mol. The zero-order valence-corrected chi connectivity index (χ0v) is 13.5. The van der Waals surface area contributed by atoms with E-state index in [9.17, 15) is 9.59 Å². The van der Waals surface area contributed by atoms with E-state index in [4.69, 9.17) is 34.8 Å². The lowest BCUT2D eigenvalue weighted by Gasteiger charge is -2.32. The summed E-state index contributed by atoms with van der Waals surface area (Å²) in [7, 11) is 0. The second-order valence-electron chi connectivity index (χ2n) is 4.88. The van der Waals surface area contributed by atoms with E-state index >= 15 is 0 Å². The minimum Gasteiger partial charge on any atom is -0.349 e. The van der Waals surface area contributed by atoms with Crippen LogP contribution in [-0.2, 0) is 4.79 Å². The molecule has 0 atom stereocenters. The molecule has 1 aliphatic rings. The van der Waals surface area contributed by atoms with Crippen molar-refractivity contribution in [2.45, 2.75) is 23.7 Å². The van der Waals surface area contributed by atoms with Crippen molar-refractivity contribution in [1.29, 1.82) is 0 Å². The van der Waals surface area contributed by atoms with E-state index in [-0.39, 0.29) is 17.9 Å². The van der Waals surface area contributed by atoms with E-state index in [1.54, 1.807) is 29.2 Å². The lowest BCUT2D eigenvalue weighted by atomic mass is 10.0. The number of nitrogens with zero attached hydrogens (tertiary/aromatic N) is 1. The molecule has 0 aliphatic carbocycles. The molecule has 4 nitrogen and oxygen atoms in total. The number of amides is 2. The first-order valence-electron chi connectivity index (χ1n) is 6.60. The van der Waals surface area contributed by atoms with Gasteiger partial charge in [0.2, 0.25) is 0 Å². The van der Waals surface area contributed by atoms with Crippen molar-refractivity contribution in [3.05, 3.63) is 34.9 Å². The molecule has 21 heavy (non-hydrogen) atoms. The molecule has 0 unspecified atom stereocenters. The fourth-order valence-corrected chi connectivity index (χ4v) is 2.65. The number of hydrogen-bond acceptors (Lipinski definition) is 2. The van der Waals surface area contributed by atoms with Crippen molar-refractivity contribution in [3.8, 4) is 0 Å². The van der Waals surface area contributed by atoms with Crippen molar-refractivity contribution >= 4 is 46.6 Å². The van der Waals surface area contributed by atoms with Crippen LogP contribution in [0.1, 0.15) is 23.2 Å². The van der Waals surface area contributed by atoms with E-state index in [2.05, 4.69) is 5.32 Å². The van der Waals surface area contributed by atoms with Gasteiger partial charge < -0.3 is 10.2 Å². The standard InChI is InChI=1S/C14H15Cl3N2O2/c15-10-3-1-9(2-4-10)13(20)18-11-5-7-19(8-6-11)14(21)12(16)17/h1-4,11-12H,5-8H2,(H,18,20). The molecule has 2 rings (SSSR count). The fourth-order valence-electron chi connectivity index (χ4n) is 2.25. The molecule has 0 aromatic heterocycles. The van der Waals surface area contributed by atoms with Gasteiger partial charge in [0, 0.05) is 29.7 Å². The minimum atomic E-state index is -1.02. The number of piperidine rings is 1. The SMILES string of the molecule is O=C(NC1CCN(C(=O)C(Cl)Cl)CC1)c1ccc(Cl)cc1. The van der Waals surface area contributed by atoms with Gasteiger partial charge >= 0.3 is 0 Å². The van der Waals surface area contributed by atoms with Gasteiger partial charge in [0.1, 0.15) is 0 Å². The van der Waals surface area contributed by atoms with Gasteiger partial charge in [-0.3, -0.25) is 9.59 Å². The maximum atomic E-state index is 12.1. The Morgan fingerprint density at radius 2 is 1.71 bits per heavy atom. The second kappa shape index (κ2) is 7.34. The summed E-state index contributed by atoms with van der Waals surface area (Å²) in [5.74, 6) is -0.412. The van der Waals surface area contributed by atoms with Gasteiger partial charge in [-0.2, -0.15) is 0 Å². The number of benzene rings is 1. The number of hydrogen-bond donors (Lipinski definition) is 1. The average Bonchev–Trinajstić information content (AvgIpc) is 2.47. The Labute approximate surface area is 138 Å². The van der Waals surface area contributed by atoms with Crippen LogP contribution in [0.4, 0.5) is 0 Å². The van der Waals surface area contributed by atoms with Gasteiger partial charge in [0.05, 0.1) is 0 Å². The van der Waals surface area contributed by atoms with E-state index in [1.165, 1.54) is 0 Å². The first-order chi connectivity index (χ1) is 9.97. The predicted molar refractivity (Wildman–Crippen MR) is 84.0 cm³/mol. The second-order valence-corrected chi connectivity index (χ2v) is 6.41. The molecule has 1 aromatic carbocycles. The molecule has 7 heteroatoms. The molecular formula is C14H15Cl3N2O2. The molecule has 1 fully saturated rings. The molecule has 1 aromatic rings. The average molecular weight is 350 g/mol. The molecule has 1 heterocycles. The van der Waals surface area contributed by atoms with E-state index in [1.807, 2.05) is 0 Å². The molecule has 1 N–H and O–H groups in total. The van der Waals surface area contributed by atoms with Crippen LogP contribution >= 0.6 is 34.8 Å². The van der Waals surface area contributed by atoms with Crippen molar-refractivity contribution in [1.82, 2.24) is 10.2 Å². The third kappa shape index (κ3) is 4.50. The van der Waals surface area contributed by atoms with Crippen LogP contribution < -0.4 is 5.32 Å². The summed E-state index contributed by atoms with van der Waals surface area (Å²) in [5, 5.41) is 3.55. The molecule has 0 spiro atoms. The fraction of sp³-hybridized carbons (Fsp3) is 0.429. The smallest absolute Gasteiger partial charge is 0.255 e. The third-order valence-electron chi connectivity index (χ3n) is 3.43. The highest BCUT2D eigenvalue weighted by atomic mass is 35.5. The molecule has 2 amide bonds. The summed E-state index contributed by atoms with van der Waals surface area (Å²) in [5.41, 5.74) is 0.569. The number of carbonyl (C=O) groups is 2. The van der Waals surface area contributed by atoms with Gasteiger partial charge in [-0.25, -0.2) is 0 Å². The molecular weight excluding hydrogens is 335 g/mol. The van der Waals surface area contributed by atoms with E-state index < -0.39 is 4.84 Å². The topological polar surface area (TPSA) is 49.4 Å². The van der Waals surface area contributed by atoms with E-state index in [0.717, 1.165) is 0 Å². The zero-order valence-electron chi connectivity index (χ0n) is 11.2. The lowest BCUT2D eigenvalue weighted by Crippen LogP contribution is -2.47. The largest absolute Gasteiger partial charge is 0.349 e. The molecule has 0 radical (unpaired) electrons. The van der Waals surface area contributed by atoms with Crippen LogP contribution in [0.5, 0.6) is 0 Å². The normalized spacial score (nSPS) is 16.1. The molecule has 1 saturated heterocycles. The minimum absolute atomic E-state index is 0.0429. The maximum absolute atomic E-state index is 12.1. The Morgan fingerprint density at radius 3 is 2.24 bits per heavy atom. The van der Waals surface area contributed by atoms with Crippen LogP contribution in [-0.4, -0.2) is 40.7 Å². The Morgan fingerprint density at radius 1 is 1.14 bits per heavy atom. The zero-order chi connectivity index (χ0) is 15.4. The van der Waals surface area contributed by atoms with E-state index in [0.29, 0.717) is 36.5 Å². The van der Waals surface area contributed by atoms with Crippen molar-refractivity contribution < 1.29 is 9.59 Å². The first kappa shape index (κ1) is 16.4. The van der Waals surface area contributed by atoms with Gasteiger partial charge in [-0.15, -0.1) is 0 Å². The quantitative estimate of drug-likeness (QED) is 0.853. The Bertz CT molecular complexity index is 511. The number of alkyl halides is 2. The molecule has 0 saturated carbocycles. The highest BCUT2D eigenvalue weighted by Crippen LogP contribution is 2.16. The number of carbonyl (C=O) groups excluding carboxylic acids is 2. The van der Waals surface area contributed by atoms with Crippen molar-refractivity contribution in [2.24, 2.45) is 0 Å². The summed E-state index contributed by atoms with van der Waals surface area (Å²) < 4.78 is 0.